The summed E-state index contributed by atoms with van der Waals surface area (Å²) in [6, 6.07) is 4.54. The molecule has 0 saturated heterocycles. The van der Waals surface area contributed by atoms with Crippen LogP contribution in [0.2, 0.25) is 0 Å². The second-order valence-electron chi connectivity index (χ2n) is 3.52. The van der Waals surface area contributed by atoms with Gasteiger partial charge in [-0.25, -0.2) is 9.37 Å². The molecule has 4 nitrogen and oxygen atoms in total. The van der Waals surface area contributed by atoms with Gasteiger partial charge in [0.1, 0.15) is 11.6 Å². The van der Waals surface area contributed by atoms with Gasteiger partial charge in [-0.3, -0.25) is 4.98 Å². The van der Waals surface area contributed by atoms with E-state index in [1.54, 1.807) is 19.1 Å². The first-order valence-corrected chi connectivity index (χ1v) is 5.05. The van der Waals surface area contributed by atoms with Crippen molar-refractivity contribution in [1.82, 2.24) is 9.97 Å². The molecular formula is C12H11FN2O2. The molecule has 0 fully saturated rings. The van der Waals surface area contributed by atoms with Gasteiger partial charge in [0.15, 0.2) is 0 Å². The lowest BCUT2D eigenvalue weighted by molar-refractivity contribution is 0.274. The number of rotatable bonds is 3. The molecule has 1 N–H and O–H groups in total. The maximum Gasteiger partial charge on any atom is 0.238 e. The Kier molecular flexibility index (Phi) is 3.30. The third-order valence-electron chi connectivity index (χ3n) is 2.19. The molecule has 0 aliphatic carbocycles. The average molecular weight is 234 g/mol. The molecular weight excluding hydrogens is 223 g/mol. The van der Waals surface area contributed by atoms with E-state index in [4.69, 9.17) is 9.84 Å². The molecule has 0 radical (unpaired) electrons. The molecule has 2 rings (SSSR count). The van der Waals surface area contributed by atoms with Crippen molar-refractivity contribution in [3.8, 4) is 11.6 Å². The number of nitrogens with zero attached hydrogens (tertiary/aromatic N) is 2. The largest absolute Gasteiger partial charge is 0.437 e. The van der Waals surface area contributed by atoms with Crippen molar-refractivity contribution in [1.29, 1.82) is 0 Å². The van der Waals surface area contributed by atoms with Gasteiger partial charge in [0.25, 0.3) is 0 Å². The van der Waals surface area contributed by atoms with Crippen molar-refractivity contribution in [3.05, 3.63) is 47.7 Å². The van der Waals surface area contributed by atoms with Gasteiger partial charge >= 0.3 is 0 Å². The molecule has 0 saturated carbocycles. The van der Waals surface area contributed by atoms with Gasteiger partial charge in [-0.1, -0.05) is 6.07 Å². The van der Waals surface area contributed by atoms with Gasteiger partial charge in [0.2, 0.25) is 5.88 Å². The molecule has 0 amide bonds. The number of hydrogen-bond acceptors (Lipinski definition) is 4. The molecule has 1 heterocycles. The molecule has 88 valence electrons. The summed E-state index contributed by atoms with van der Waals surface area (Å²) in [6.45, 7) is 1.46. The van der Waals surface area contributed by atoms with E-state index in [1.807, 2.05) is 0 Å². The lowest BCUT2D eigenvalue weighted by Crippen LogP contribution is -1.95. The number of halogens is 1. The zero-order valence-electron chi connectivity index (χ0n) is 9.22. The third-order valence-corrected chi connectivity index (χ3v) is 2.19. The number of ether oxygens (including phenoxy) is 1. The van der Waals surface area contributed by atoms with Gasteiger partial charge < -0.3 is 9.84 Å². The van der Waals surface area contributed by atoms with Crippen LogP contribution in [0.25, 0.3) is 0 Å². The molecule has 1 aromatic carbocycles. The van der Waals surface area contributed by atoms with Crippen LogP contribution in [0.3, 0.4) is 0 Å². The quantitative estimate of drug-likeness (QED) is 0.884. The van der Waals surface area contributed by atoms with Gasteiger partial charge in [-0.2, -0.15) is 0 Å². The Morgan fingerprint density at radius 3 is 2.88 bits per heavy atom. The highest BCUT2D eigenvalue weighted by Crippen LogP contribution is 2.21. The number of aryl methyl sites for hydroxylation is 1. The Morgan fingerprint density at radius 2 is 2.18 bits per heavy atom. The van der Waals surface area contributed by atoms with Crippen LogP contribution in [0.4, 0.5) is 4.39 Å². The van der Waals surface area contributed by atoms with E-state index in [0.717, 1.165) is 0 Å². The predicted octanol–water partition coefficient (Wildman–Crippen LogP) is 2.21. The van der Waals surface area contributed by atoms with Crippen LogP contribution in [0.15, 0.2) is 30.6 Å². The summed E-state index contributed by atoms with van der Waals surface area (Å²) in [5.41, 5.74) is 0.947. The zero-order valence-corrected chi connectivity index (χ0v) is 9.22. The topological polar surface area (TPSA) is 55.2 Å². The molecule has 0 aliphatic heterocycles. The van der Waals surface area contributed by atoms with E-state index in [9.17, 15) is 4.39 Å². The molecule has 0 aliphatic rings. The fraction of sp³-hybridized carbons (Fsp3) is 0.167. The summed E-state index contributed by atoms with van der Waals surface area (Å²) in [5.74, 6) is 0.228. The molecule has 2 aromatic rings. The highest BCUT2D eigenvalue weighted by atomic mass is 19.1. The Balaban J connectivity index is 2.22. The molecule has 0 spiro atoms. The molecule has 17 heavy (non-hydrogen) atoms. The standard InChI is InChI=1S/C12H11FN2O2/c1-8-2-3-10(4-11(8)13)17-12-6-14-5-9(7-16)15-12/h2-6,16H,7H2,1H3. The summed E-state index contributed by atoms with van der Waals surface area (Å²) in [6.07, 6.45) is 2.83. The summed E-state index contributed by atoms with van der Waals surface area (Å²) in [7, 11) is 0. The maximum absolute atomic E-state index is 13.3. The van der Waals surface area contributed by atoms with Crippen LogP contribution in [0.1, 0.15) is 11.3 Å². The van der Waals surface area contributed by atoms with E-state index in [-0.39, 0.29) is 18.3 Å². The fourth-order valence-corrected chi connectivity index (χ4v) is 1.27. The Hall–Kier alpha value is -2.01. The highest BCUT2D eigenvalue weighted by molar-refractivity contribution is 5.30. The van der Waals surface area contributed by atoms with Crippen molar-refractivity contribution in [3.63, 3.8) is 0 Å². The first kappa shape index (κ1) is 11.5. The second-order valence-corrected chi connectivity index (χ2v) is 3.52. The van der Waals surface area contributed by atoms with Crippen molar-refractivity contribution in [2.45, 2.75) is 13.5 Å². The molecule has 5 heteroatoms. The molecule has 0 unspecified atom stereocenters. The smallest absolute Gasteiger partial charge is 0.238 e. The SMILES string of the molecule is Cc1ccc(Oc2cncc(CO)n2)cc1F. The second kappa shape index (κ2) is 4.88. The van der Waals surface area contributed by atoms with E-state index >= 15 is 0 Å². The summed E-state index contributed by atoms with van der Waals surface area (Å²) >= 11 is 0. The highest BCUT2D eigenvalue weighted by Gasteiger charge is 2.03. The van der Waals surface area contributed by atoms with E-state index in [0.29, 0.717) is 17.0 Å². The number of aliphatic hydroxyl groups is 1. The lowest BCUT2D eigenvalue weighted by Gasteiger charge is -2.06. The van der Waals surface area contributed by atoms with Gasteiger partial charge in [0.05, 0.1) is 24.7 Å². The van der Waals surface area contributed by atoms with E-state index < -0.39 is 0 Å². The Bertz CT molecular complexity index is 532. The molecule has 0 bridgehead atoms. The van der Waals surface area contributed by atoms with Crippen molar-refractivity contribution in [2.75, 3.05) is 0 Å². The lowest BCUT2D eigenvalue weighted by atomic mass is 10.2. The first-order valence-electron chi connectivity index (χ1n) is 5.05. The number of aromatic nitrogens is 2. The summed E-state index contributed by atoms with van der Waals surface area (Å²) in [5, 5.41) is 8.89. The van der Waals surface area contributed by atoms with Crippen LogP contribution in [-0.2, 0) is 6.61 Å². The summed E-state index contributed by atoms with van der Waals surface area (Å²) < 4.78 is 18.6. The van der Waals surface area contributed by atoms with Crippen LogP contribution in [-0.4, -0.2) is 15.1 Å². The number of hydrogen-bond donors (Lipinski definition) is 1. The Labute approximate surface area is 97.7 Å². The third kappa shape index (κ3) is 2.76. The zero-order chi connectivity index (χ0) is 12.3. The molecule has 0 atom stereocenters. The predicted molar refractivity (Wildman–Crippen MR) is 59.2 cm³/mol. The van der Waals surface area contributed by atoms with Crippen LogP contribution < -0.4 is 4.74 Å². The van der Waals surface area contributed by atoms with Gasteiger partial charge in [0, 0.05) is 6.07 Å². The summed E-state index contributed by atoms with van der Waals surface area (Å²) in [4.78, 5) is 7.83. The fourth-order valence-electron chi connectivity index (χ4n) is 1.27. The van der Waals surface area contributed by atoms with E-state index in [2.05, 4.69) is 9.97 Å². The van der Waals surface area contributed by atoms with Gasteiger partial charge in [-0.15, -0.1) is 0 Å². The van der Waals surface area contributed by atoms with Crippen molar-refractivity contribution >= 4 is 0 Å². The van der Waals surface area contributed by atoms with Crippen molar-refractivity contribution in [2.24, 2.45) is 0 Å². The van der Waals surface area contributed by atoms with Crippen LogP contribution in [0.5, 0.6) is 11.6 Å². The number of aliphatic hydroxyl groups excluding tert-OH is 1. The van der Waals surface area contributed by atoms with E-state index in [1.165, 1.54) is 18.5 Å². The first-order chi connectivity index (χ1) is 8.19. The normalized spacial score (nSPS) is 10.3. The maximum atomic E-state index is 13.3. The minimum absolute atomic E-state index is 0.216. The molecule has 1 aromatic heterocycles. The van der Waals surface area contributed by atoms with Crippen LogP contribution >= 0.6 is 0 Å². The average Bonchev–Trinajstić information content (AvgIpc) is 2.34. The minimum atomic E-state index is -0.339. The van der Waals surface area contributed by atoms with Gasteiger partial charge in [-0.05, 0) is 18.6 Å². The monoisotopic (exact) mass is 234 g/mol. The van der Waals surface area contributed by atoms with Crippen LogP contribution in [0, 0.1) is 12.7 Å². The Morgan fingerprint density at radius 1 is 1.35 bits per heavy atom. The minimum Gasteiger partial charge on any atom is -0.437 e. The van der Waals surface area contributed by atoms with Crippen molar-refractivity contribution < 1.29 is 14.2 Å². The number of benzene rings is 1.